The molecular weight excluding hydrogens is 191 g/mol. The van der Waals surface area contributed by atoms with Gasteiger partial charge in [0.15, 0.2) is 0 Å². The van der Waals surface area contributed by atoms with Crippen molar-refractivity contribution in [3.63, 3.8) is 0 Å². The Morgan fingerprint density at radius 1 is 1.47 bits per heavy atom. The van der Waals surface area contributed by atoms with Gasteiger partial charge in [0.2, 0.25) is 0 Å². The minimum Gasteiger partial charge on any atom is -0.371 e. The van der Waals surface area contributed by atoms with Crippen LogP contribution in [0.3, 0.4) is 0 Å². The Hall–Kier alpha value is -1.09. The lowest BCUT2D eigenvalue weighted by Gasteiger charge is -2.26. The van der Waals surface area contributed by atoms with E-state index in [0.29, 0.717) is 12.5 Å². The molecule has 0 saturated carbocycles. The summed E-state index contributed by atoms with van der Waals surface area (Å²) in [7, 11) is 0. The van der Waals surface area contributed by atoms with Gasteiger partial charge in [0, 0.05) is 18.8 Å². The Kier molecular flexibility index (Phi) is 4.56. The Morgan fingerprint density at radius 2 is 2.20 bits per heavy atom. The zero-order chi connectivity index (χ0) is 11.3. The van der Waals surface area contributed by atoms with Crippen molar-refractivity contribution in [1.29, 1.82) is 0 Å². The molecule has 0 aliphatic carbocycles. The Balaban J connectivity index is 2.73. The van der Waals surface area contributed by atoms with Crippen LogP contribution in [-0.2, 0) is 0 Å². The fraction of sp³-hybridized carbons (Fsp3) is 0.500. The summed E-state index contributed by atoms with van der Waals surface area (Å²) in [5.74, 6) is 0.236. The van der Waals surface area contributed by atoms with E-state index in [1.54, 1.807) is 12.1 Å². The first-order chi connectivity index (χ1) is 7.17. The molecule has 2 N–H and O–H groups in total. The highest BCUT2D eigenvalue weighted by molar-refractivity contribution is 5.46. The third kappa shape index (κ3) is 3.51. The predicted octanol–water partition coefficient (Wildman–Crippen LogP) is 2.25. The van der Waals surface area contributed by atoms with Gasteiger partial charge in [-0.1, -0.05) is 13.0 Å². The molecule has 0 amide bonds. The lowest BCUT2D eigenvalue weighted by Crippen LogP contribution is -2.31. The first kappa shape index (κ1) is 12.0. The van der Waals surface area contributed by atoms with Gasteiger partial charge < -0.3 is 10.6 Å². The van der Waals surface area contributed by atoms with Crippen LogP contribution in [0.25, 0.3) is 0 Å². The molecule has 0 spiro atoms. The molecule has 0 radical (unpaired) electrons. The fourth-order valence-corrected chi connectivity index (χ4v) is 1.54. The number of halogens is 1. The summed E-state index contributed by atoms with van der Waals surface area (Å²) in [6.07, 6.45) is 0. The molecule has 15 heavy (non-hydrogen) atoms. The van der Waals surface area contributed by atoms with Crippen molar-refractivity contribution >= 4 is 5.69 Å². The number of anilines is 1. The second-order valence-electron chi connectivity index (χ2n) is 3.86. The van der Waals surface area contributed by atoms with Gasteiger partial charge >= 0.3 is 0 Å². The van der Waals surface area contributed by atoms with E-state index in [1.165, 1.54) is 6.07 Å². The molecule has 1 rings (SSSR count). The Labute approximate surface area is 90.9 Å². The van der Waals surface area contributed by atoms with Gasteiger partial charge in [0.1, 0.15) is 5.82 Å². The third-order valence-electron chi connectivity index (χ3n) is 2.49. The van der Waals surface area contributed by atoms with E-state index >= 15 is 0 Å². The van der Waals surface area contributed by atoms with E-state index in [0.717, 1.165) is 18.8 Å². The van der Waals surface area contributed by atoms with Crippen LogP contribution in [0.1, 0.15) is 13.8 Å². The van der Waals surface area contributed by atoms with Crippen LogP contribution in [0, 0.1) is 11.7 Å². The maximum atomic E-state index is 13.0. The van der Waals surface area contributed by atoms with Crippen LogP contribution >= 0.6 is 0 Å². The van der Waals surface area contributed by atoms with Crippen LogP contribution in [-0.4, -0.2) is 19.6 Å². The third-order valence-corrected chi connectivity index (χ3v) is 2.49. The summed E-state index contributed by atoms with van der Waals surface area (Å²) >= 11 is 0. The number of nitrogens with zero attached hydrogens (tertiary/aromatic N) is 1. The van der Waals surface area contributed by atoms with Crippen LogP contribution in [0.4, 0.5) is 10.1 Å². The van der Waals surface area contributed by atoms with E-state index in [1.807, 2.05) is 6.07 Å². The van der Waals surface area contributed by atoms with Crippen molar-refractivity contribution in [1.82, 2.24) is 0 Å². The average Bonchev–Trinajstić information content (AvgIpc) is 2.25. The minimum absolute atomic E-state index is 0.189. The smallest absolute Gasteiger partial charge is 0.125 e. The number of nitrogens with two attached hydrogens (primary N) is 1. The van der Waals surface area contributed by atoms with E-state index in [9.17, 15) is 4.39 Å². The largest absolute Gasteiger partial charge is 0.371 e. The molecular formula is C12H19FN2. The summed E-state index contributed by atoms with van der Waals surface area (Å²) in [5.41, 5.74) is 6.51. The average molecular weight is 210 g/mol. The van der Waals surface area contributed by atoms with Gasteiger partial charge in [-0.15, -0.1) is 0 Å². The molecule has 1 aromatic carbocycles. The minimum atomic E-state index is -0.189. The number of hydrogen-bond acceptors (Lipinski definition) is 2. The summed E-state index contributed by atoms with van der Waals surface area (Å²) in [6, 6.07) is 6.69. The Morgan fingerprint density at radius 3 is 2.73 bits per heavy atom. The summed E-state index contributed by atoms with van der Waals surface area (Å²) in [6.45, 7) is 6.56. The van der Waals surface area contributed by atoms with Gasteiger partial charge in [0.05, 0.1) is 0 Å². The molecule has 84 valence electrons. The van der Waals surface area contributed by atoms with Gasteiger partial charge in [-0.25, -0.2) is 4.39 Å². The molecule has 0 fully saturated rings. The van der Waals surface area contributed by atoms with Gasteiger partial charge in [-0.2, -0.15) is 0 Å². The summed E-state index contributed by atoms with van der Waals surface area (Å²) in [5, 5.41) is 0. The van der Waals surface area contributed by atoms with Gasteiger partial charge in [-0.3, -0.25) is 0 Å². The van der Waals surface area contributed by atoms with Crippen molar-refractivity contribution in [2.45, 2.75) is 13.8 Å². The molecule has 1 aromatic rings. The van der Waals surface area contributed by atoms with Crippen molar-refractivity contribution < 1.29 is 4.39 Å². The van der Waals surface area contributed by atoms with E-state index in [-0.39, 0.29) is 5.82 Å². The molecule has 0 heterocycles. The van der Waals surface area contributed by atoms with E-state index in [2.05, 4.69) is 18.7 Å². The highest BCUT2D eigenvalue weighted by Crippen LogP contribution is 2.16. The van der Waals surface area contributed by atoms with Crippen LogP contribution in [0.15, 0.2) is 24.3 Å². The molecule has 0 aromatic heterocycles. The van der Waals surface area contributed by atoms with Crippen molar-refractivity contribution in [3.8, 4) is 0 Å². The quantitative estimate of drug-likeness (QED) is 0.807. The van der Waals surface area contributed by atoms with Crippen LogP contribution < -0.4 is 10.6 Å². The second-order valence-corrected chi connectivity index (χ2v) is 3.86. The molecule has 1 unspecified atom stereocenters. The highest BCUT2D eigenvalue weighted by atomic mass is 19.1. The van der Waals surface area contributed by atoms with Crippen LogP contribution in [0.5, 0.6) is 0 Å². The topological polar surface area (TPSA) is 29.3 Å². The van der Waals surface area contributed by atoms with E-state index in [4.69, 9.17) is 5.73 Å². The molecule has 0 aliphatic heterocycles. The number of benzene rings is 1. The normalized spacial score (nSPS) is 12.5. The molecule has 2 nitrogen and oxygen atoms in total. The van der Waals surface area contributed by atoms with Crippen molar-refractivity contribution in [2.24, 2.45) is 11.7 Å². The number of hydrogen-bond donors (Lipinski definition) is 1. The van der Waals surface area contributed by atoms with Crippen molar-refractivity contribution in [2.75, 3.05) is 24.5 Å². The standard InChI is InChI=1S/C12H19FN2/c1-3-15(9-10(2)8-14)12-6-4-5-11(13)7-12/h4-7,10H,3,8-9,14H2,1-2H3. The van der Waals surface area contributed by atoms with Gasteiger partial charge in [-0.05, 0) is 37.6 Å². The maximum Gasteiger partial charge on any atom is 0.125 e. The number of rotatable bonds is 5. The summed E-state index contributed by atoms with van der Waals surface area (Å²) in [4.78, 5) is 2.14. The Bertz CT molecular complexity index is 301. The lowest BCUT2D eigenvalue weighted by atomic mass is 10.1. The monoisotopic (exact) mass is 210 g/mol. The first-order valence-corrected chi connectivity index (χ1v) is 5.38. The molecule has 3 heteroatoms. The zero-order valence-corrected chi connectivity index (χ0v) is 9.41. The molecule has 0 aliphatic rings. The van der Waals surface area contributed by atoms with Crippen LogP contribution in [0.2, 0.25) is 0 Å². The first-order valence-electron chi connectivity index (χ1n) is 5.38. The van der Waals surface area contributed by atoms with Gasteiger partial charge in [0.25, 0.3) is 0 Å². The molecule has 1 atom stereocenters. The summed E-state index contributed by atoms with van der Waals surface area (Å²) < 4.78 is 13.0. The predicted molar refractivity (Wildman–Crippen MR) is 62.5 cm³/mol. The maximum absolute atomic E-state index is 13.0. The molecule has 0 saturated heterocycles. The second kappa shape index (κ2) is 5.71. The fourth-order valence-electron chi connectivity index (χ4n) is 1.54. The highest BCUT2D eigenvalue weighted by Gasteiger charge is 2.08. The molecule has 0 bridgehead atoms. The SMILES string of the molecule is CCN(CC(C)CN)c1cccc(F)c1. The van der Waals surface area contributed by atoms with Crippen molar-refractivity contribution in [3.05, 3.63) is 30.1 Å². The zero-order valence-electron chi connectivity index (χ0n) is 9.41. The van der Waals surface area contributed by atoms with E-state index < -0.39 is 0 Å². The lowest BCUT2D eigenvalue weighted by molar-refractivity contribution is 0.573.